The molecule has 0 atom stereocenters. The largest absolute Gasteiger partial charge is 0.569 e. The van der Waals surface area contributed by atoms with Crippen LogP contribution in [0.15, 0.2) is 118 Å². The van der Waals surface area contributed by atoms with Crippen molar-refractivity contribution in [3.63, 3.8) is 0 Å². The van der Waals surface area contributed by atoms with Crippen molar-refractivity contribution in [2.75, 3.05) is 39.3 Å². The van der Waals surface area contributed by atoms with E-state index in [2.05, 4.69) is 111 Å². The Balaban J connectivity index is 0.000000235. The van der Waals surface area contributed by atoms with Crippen LogP contribution in [0.5, 0.6) is 5.75 Å². The number of aryl methyl sites for hydroxylation is 2. The third-order valence-corrected chi connectivity index (χ3v) is 15.5. The minimum atomic E-state index is -0.904. The first-order valence-corrected chi connectivity index (χ1v) is 30.3. The van der Waals surface area contributed by atoms with Gasteiger partial charge in [-0.05, 0) is 225 Å². The van der Waals surface area contributed by atoms with E-state index in [1.165, 1.54) is 20.3 Å². The van der Waals surface area contributed by atoms with Crippen molar-refractivity contribution >= 4 is 86.2 Å². The van der Waals surface area contributed by atoms with E-state index in [4.69, 9.17) is 23.9 Å². The first-order chi connectivity index (χ1) is 38.2. The SMILES string of the molecule is Brc1ccc(I)cc1.CC(C)(C)OC(=O)N1CCC(=O)CC1.CC(C)(C)OC(=O)N1CCC(O)(c2ccc(Br)cc2)CC1.Cc1cccc(-c2ccc(C3(O)CCN(C(=O)OC(C)(C)C)CC3)cc2)c1C.Cc1cccc(O[B]O)c1C. The van der Waals surface area contributed by atoms with Gasteiger partial charge in [-0.3, -0.25) is 4.79 Å². The fourth-order valence-corrected chi connectivity index (χ4v) is 9.62. The van der Waals surface area contributed by atoms with E-state index in [0.717, 1.165) is 36.8 Å². The molecular formula is C64H84BBr2IN3O11. The third-order valence-electron chi connectivity index (χ3n) is 13.7. The highest BCUT2D eigenvalue weighted by Crippen LogP contribution is 2.36. The van der Waals surface area contributed by atoms with Gasteiger partial charge >= 0.3 is 26.0 Å². The molecule has 3 aliphatic rings. The summed E-state index contributed by atoms with van der Waals surface area (Å²) in [5.41, 5.74) is 5.72. The van der Waals surface area contributed by atoms with Crippen LogP contribution in [0.4, 0.5) is 14.4 Å². The minimum absolute atomic E-state index is 0.227. The molecule has 82 heavy (non-hydrogen) atoms. The van der Waals surface area contributed by atoms with Crippen molar-refractivity contribution in [2.45, 2.75) is 157 Å². The fourth-order valence-electron chi connectivity index (χ4n) is 8.74. The number of nitrogens with zero attached hydrogens (tertiary/aromatic N) is 3. The molecule has 0 aliphatic carbocycles. The third kappa shape index (κ3) is 23.2. The van der Waals surface area contributed by atoms with Crippen LogP contribution < -0.4 is 4.65 Å². The molecule has 18 heteroatoms. The lowest BCUT2D eigenvalue weighted by molar-refractivity contribution is -0.121. The first kappa shape index (κ1) is 69.5. The molecule has 0 aromatic heterocycles. The fraction of sp³-hybridized carbons (Fsp3) is 0.469. The van der Waals surface area contributed by atoms with Crippen LogP contribution in [0, 0.1) is 31.3 Å². The number of halogens is 3. The number of carbonyl (C=O) groups is 4. The number of carbonyl (C=O) groups excluding carboxylic acids is 4. The molecule has 3 amide bonds. The second-order valence-corrected chi connectivity index (χ2v) is 26.8. The number of Topliss-reactive ketones (excluding diaryl/α,β-unsaturated/α-hetero) is 1. The van der Waals surface area contributed by atoms with Gasteiger partial charge in [-0.15, -0.1) is 0 Å². The van der Waals surface area contributed by atoms with Crippen LogP contribution in [-0.4, -0.2) is 118 Å². The Hall–Kier alpha value is -4.99. The van der Waals surface area contributed by atoms with Crippen LogP contribution in [0.1, 0.15) is 134 Å². The molecule has 3 fully saturated rings. The summed E-state index contributed by atoms with van der Waals surface area (Å²) in [7, 11) is 0.696. The predicted octanol–water partition coefficient (Wildman–Crippen LogP) is 14.7. The van der Waals surface area contributed by atoms with Crippen molar-refractivity contribution in [1.29, 1.82) is 0 Å². The molecule has 3 aliphatic heterocycles. The van der Waals surface area contributed by atoms with E-state index in [-0.39, 0.29) is 24.1 Å². The van der Waals surface area contributed by atoms with Gasteiger partial charge in [0.1, 0.15) is 28.3 Å². The lowest BCUT2D eigenvalue weighted by atomic mass is 9.83. The number of likely N-dealkylation sites (tertiary alicyclic amines) is 3. The summed E-state index contributed by atoms with van der Waals surface area (Å²) in [5, 5.41) is 30.3. The van der Waals surface area contributed by atoms with E-state index >= 15 is 0 Å². The van der Waals surface area contributed by atoms with Crippen LogP contribution in [-0.2, 0) is 30.2 Å². The number of aliphatic hydroxyl groups is 2. The Morgan fingerprint density at radius 1 is 0.524 bits per heavy atom. The predicted molar refractivity (Wildman–Crippen MR) is 341 cm³/mol. The Morgan fingerprint density at radius 3 is 1.26 bits per heavy atom. The van der Waals surface area contributed by atoms with Gasteiger partial charge in [0, 0.05) is 64.6 Å². The van der Waals surface area contributed by atoms with E-state index < -0.39 is 28.0 Å². The van der Waals surface area contributed by atoms with Crippen LogP contribution >= 0.6 is 54.5 Å². The Kier molecular flexibility index (Phi) is 26.5. The Labute approximate surface area is 518 Å². The summed E-state index contributed by atoms with van der Waals surface area (Å²) in [6, 6.07) is 36.1. The summed E-state index contributed by atoms with van der Waals surface area (Å²) in [6.07, 6.45) is 2.05. The molecule has 0 spiro atoms. The molecular weight excluding hydrogens is 1280 g/mol. The minimum Gasteiger partial charge on any atom is -0.537 e. The highest BCUT2D eigenvalue weighted by Gasteiger charge is 2.38. The lowest BCUT2D eigenvalue weighted by Crippen LogP contribution is -2.46. The maximum atomic E-state index is 12.2. The molecule has 8 rings (SSSR count). The molecule has 445 valence electrons. The summed E-state index contributed by atoms with van der Waals surface area (Å²) in [4.78, 5) is 51.7. The molecule has 0 unspecified atom stereocenters. The van der Waals surface area contributed by atoms with E-state index in [1.807, 2.05) is 143 Å². The van der Waals surface area contributed by atoms with Gasteiger partial charge in [0.2, 0.25) is 0 Å². The van der Waals surface area contributed by atoms with Crippen molar-refractivity contribution < 1.29 is 53.3 Å². The summed E-state index contributed by atoms with van der Waals surface area (Å²) >= 11 is 9.01. The second kappa shape index (κ2) is 31.2. The summed E-state index contributed by atoms with van der Waals surface area (Å²) < 4.78 is 24.2. The number of hydrogen-bond donors (Lipinski definition) is 3. The van der Waals surface area contributed by atoms with Gasteiger partial charge in [0.15, 0.2) is 0 Å². The molecule has 0 saturated carbocycles. The number of piperidine rings is 3. The number of ketones is 1. The molecule has 14 nitrogen and oxygen atoms in total. The standard InChI is InChI=1S/C24H31NO3.C16H22BrNO3.C10H17NO3.C8H10BO2.C6H4BrI/c1-17-7-6-8-21(18(17)2)19-9-11-20(12-10-19)24(27)13-15-25(16-14-24)22(26)28-23(3,4)5;1-15(2,3)21-14(19)18-10-8-16(20,9-11-18)12-4-6-13(17)7-5-12;1-10(2,3)14-9(13)11-6-4-8(12)5-7-11;1-6-4-3-5-8(7(6)2)11-9-10;7-5-1-3-6(8)4-2-5/h6-12,27H,13-16H2,1-5H3;4-7,20H,8-11H2,1-3H3;4-7H2,1-3H3;3-5,10H,1-2H3;1-4H. The van der Waals surface area contributed by atoms with Crippen molar-refractivity contribution in [3.05, 3.63) is 155 Å². The molecule has 5 aromatic rings. The molecule has 5 aromatic carbocycles. The van der Waals surface area contributed by atoms with Gasteiger partial charge in [-0.1, -0.05) is 98.6 Å². The van der Waals surface area contributed by atoms with Crippen molar-refractivity contribution in [1.82, 2.24) is 14.7 Å². The van der Waals surface area contributed by atoms with Crippen LogP contribution in [0.25, 0.3) is 11.1 Å². The van der Waals surface area contributed by atoms with Gasteiger partial charge < -0.3 is 48.8 Å². The number of benzene rings is 5. The number of ether oxygens (including phenoxy) is 3. The molecule has 3 heterocycles. The zero-order valence-electron chi connectivity index (χ0n) is 50.0. The number of amides is 3. The smallest absolute Gasteiger partial charge is 0.537 e. The highest BCUT2D eigenvalue weighted by atomic mass is 127. The second-order valence-electron chi connectivity index (χ2n) is 23.7. The zero-order valence-corrected chi connectivity index (χ0v) is 55.4. The monoisotopic (exact) mass is 1370 g/mol. The van der Waals surface area contributed by atoms with E-state index in [0.29, 0.717) is 91.2 Å². The highest BCUT2D eigenvalue weighted by molar-refractivity contribution is 14.1. The number of rotatable bonds is 5. The first-order valence-electron chi connectivity index (χ1n) is 27.6. The summed E-state index contributed by atoms with van der Waals surface area (Å²) in [6.45, 7) is 27.8. The van der Waals surface area contributed by atoms with Crippen molar-refractivity contribution in [3.8, 4) is 16.9 Å². The van der Waals surface area contributed by atoms with Gasteiger partial charge in [-0.25, -0.2) is 14.4 Å². The van der Waals surface area contributed by atoms with E-state index in [1.54, 1.807) is 14.7 Å². The summed E-state index contributed by atoms with van der Waals surface area (Å²) in [5.74, 6) is 0.928. The lowest BCUT2D eigenvalue weighted by Gasteiger charge is -2.39. The molecule has 0 bridgehead atoms. The van der Waals surface area contributed by atoms with Crippen LogP contribution in [0.2, 0.25) is 0 Å². The average Bonchev–Trinajstić information content (AvgIpc) is 3.59. The van der Waals surface area contributed by atoms with Gasteiger partial charge in [0.25, 0.3) is 0 Å². The number of hydrogen-bond acceptors (Lipinski definition) is 11. The molecule has 3 N–H and O–H groups in total. The van der Waals surface area contributed by atoms with Gasteiger partial charge in [0.05, 0.1) is 11.2 Å². The Bertz CT molecular complexity index is 2820. The van der Waals surface area contributed by atoms with E-state index in [9.17, 15) is 29.4 Å². The molecule has 1 radical (unpaired) electrons. The normalized spacial score (nSPS) is 15.7. The van der Waals surface area contributed by atoms with Crippen molar-refractivity contribution in [2.24, 2.45) is 0 Å². The maximum Gasteiger partial charge on any atom is 0.569 e. The van der Waals surface area contributed by atoms with Gasteiger partial charge in [-0.2, -0.15) is 0 Å². The topological polar surface area (TPSA) is 176 Å². The zero-order chi connectivity index (χ0) is 61.2. The Morgan fingerprint density at radius 2 is 0.878 bits per heavy atom. The van der Waals surface area contributed by atoms with Crippen LogP contribution in [0.3, 0.4) is 0 Å². The molecule has 3 saturated heterocycles. The average molecular weight is 1370 g/mol. The quantitative estimate of drug-likeness (QED) is 0.0867. The maximum absolute atomic E-state index is 12.2.